The van der Waals surface area contributed by atoms with Gasteiger partial charge >= 0.3 is 6.18 Å². The van der Waals surface area contributed by atoms with E-state index in [1.807, 2.05) is 12.1 Å². The van der Waals surface area contributed by atoms with Crippen LogP contribution in [-0.4, -0.2) is 35.3 Å². The van der Waals surface area contributed by atoms with Crippen molar-refractivity contribution in [1.82, 2.24) is 10.2 Å². The molecular formula is C19H15F3N2O2. The van der Waals surface area contributed by atoms with Gasteiger partial charge in [-0.25, -0.2) is 0 Å². The van der Waals surface area contributed by atoms with Crippen LogP contribution in [0.1, 0.15) is 31.8 Å². The number of alkyl halides is 3. The Bertz CT molecular complexity index is 884. The van der Waals surface area contributed by atoms with Crippen molar-refractivity contribution in [2.24, 2.45) is 0 Å². The number of carbonyl (C=O) groups is 2. The second-order valence-electron chi connectivity index (χ2n) is 6.80. The number of nitrogens with zero attached hydrogens (tertiary/aromatic N) is 1. The molecule has 26 heavy (non-hydrogen) atoms. The van der Waals surface area contributed by atoms with E-state index in [4.69, 9.17) is 0 Å². The molecule has 0 aliphatic carbocycles. The first-order chi connectivity index (χ1) is 12.3. The standard InChI is InChI=1S/C19H15F3N2O2/c20-19(21,22)14-7-5-12(6-8-14)17(26)24-10-18(11-24)9-13-3-1-2-4-15(13)16(25)23-18/h1-8H,9-11H2,(H,23,25). The van der Waals surface area contributed by atoms with Crippen LogP contribution in [0.25, 0.3) is 0 Å². The van der Waals surface area contributed by atoms with Gasteiger partial charge in [0, 0.05) is 24.2 Å². The fourth-order valence-corrected chi connectivity index (χ4v) is 3.62. The fourth-order valence-electron chi connectivity index (χ4n) is 3.62. The van der Waals surface area contributed by atoms with E-state index in [1.54, 1.807) is 12.1 Å². The number of nitrogens with one attached hydrogen (secondary N) is 1. The summed E-state index contributed by atoms with van der Waals surface area (Å²) in [5.41, 5.74) is 0.511. The Morgan fingerprint density at radius 1 is 1.04 bits per heavy atom. The highest BCUT2D eigenvalue weighted by Gasteiger charge is 2.49. The summed E-state index contributed by atoms with van der Waals surface area (Å²) < 4.78 is 37.9. The van der Waals surface area contributed by atoms with Gasteiger partial charge in [-0.2, -0.15) is 13.2 Å². The first kappa shape index (κ1) is 16.6. The number of hydrogen-bond acceptors (Lipinski definition) is 2. The van der Waals surface area contributed by atoms with E-state index in [0.29, 0.717) is 25.1 Å². The third kappa shape index (κ3) is 2.73. The highest BCUT2D eigenvalue weighted by Crippen LogP contribution is 2.33. The second-order valence-corrected chi connectivity index (χ2v) is 6.80. The Hall–Kier alpha value is -2.83. The van der Waals surface area contributed by atoms with Crippen molar-refractivity contribution in [1.29, 1.82) is 0 Å². The van der Waals surface area contributed by atoms with Gasteiger partial charge < -0.3 is 10.2 Å². The SMILES string of the molecule is O=C1NC2(Cc3ccccc31)CN(C(=O)c1ccc(C(F)(F)F)cc1)C2. The topological polar surface area (TPSA) is 49.4 Å². The fraction of sp³-hybridized carbons (Fsp3) is 0.263. The van der Waals surface area contributed by atoms with E-state index in [9.17, 15) is 22.8 Å². The Balaban J connectivity index is 1.46. The minimum atomic E-state index is -4.43. The van der Waals surface area contributed by atoms with Gasteiger partial charge in [-0.15, -0.1) is 0 Å². The van der Waals surface area contributed by atoms with Crippen LogP contribution in [-0.2, 0) is 12.6 Å². The molecule has 7 heteroatoms. The van der Waals surface area contributed by atoms with E-state index in [1.165, 1.54) is 17.0 Å². The molecular weight excluding hydrogens is 345 g/mol. The van der Waals surface area contributed by atoms with Crippen LogP contribution in [0.2, 0.25) is 0 Å². The van der Waals surface area contributed by atoms with Gasteiger partial charge in [0.25, 0.3) is 11.8 Å². The van der Waals surface area contributed by atoms with Crippen molar-refractivity contribution in [3.05, 3.63) is 70.8 Å². The third-order valence-corrected chi connectivity index (χ3v) is 4.90. The number of hydrogen-bond donors (Lipinski definition) is 1. The summed E-state index contributed by atoms with van der Waals surface area (Å²) in [6.45, 7) is 0.680. The lowest BCUT2D eigenvalue weighted by Crippen LogP contribution is -2.73. The highest BCUT2D eigenvalue weighted by atomic mass is 19.4. The summed E-state index contributed by atoms with van der Waals surface area (Å²) in [7, 11) is 0. The Labute approximate surface area is 147 Å². The molecule has 0 radical (unpaired) electrons. The minimum Gasteiger partial charge on any atom is -0.343 e. The highest BCUT2D eigenvalue weighted by molar-refractivity contribution is 5.99. The van der Waals surface area contributed by atoms with Crippen LogP contribution in [0.3, 0.4) is 0 Å². The molecule has 134 valence electrons. The van der Waals surface area contributed by atoms with E-state index in [-0.39, 0.29) is 17.4 Å². The van der Waals surface area contributed by atoms with E-state index < -0.39 is 17.3 Å². The quantitative estimate of drug-likeness (QED) is 0.850. The van der Waals surface area contributed by atoms with E-state index in [2.05, 4.69) is 5.32 Å². The summed E-state index contributed by atoms with van der Waals surface area (Å²) in [6.07, 6.45) is -3.80. The van der Waals surface area contributed by atoms with Gasteiger partial charge in [-0.3, -0.25) is 9.59 Å². The lowest BCUT2D eigenvalue weighted by molar-refractivity contribution is -0.137. The smallest absolute Gasteiger partial charge is 0.343 e. The summed E-state index contributed by atoms with van der Waals surface area (Å²) >= 11 is 0. The molecule has 0 aromatic heterocycles. The second kappa shape index (κ2) is 5.59. The molecule has 1 fully saturated rings. The summed E-state index contributed by atoms with van der Waals surface area (Å²) in [5, 5.41) is 2.97. The van der Waals surface area contributed by atoms with Crippen LogP contribution in [0.4, 0.5) is 13.2 Å². The maximum atomic E-state index is 12.6. The molecule has 0 saturated carbocycles. The molecule has 0 bridgehead atoms. The largest absolute Gasteiger partial charge is 0.416 e. The predicted molar refractivity (Wildman–Crippen MR) is 87.7 cm³/mol. The third-order valence-electron chi connectivity index (χ3n) is 4.90. The zero-order chi connectivity index (χ0) is 18.5. The first-order valence-corrected chi connectivity index (χ1v) is 8.14. The Kier molecular flexibility index (Phi) is 3.57. The molecule has 2 aliphatic heterocycles. The Morgan fingerprint density at radius 3 is 2.35 bits per heavy atom. The number of rotatable bonds is 1. The van der Waals surface area contributed by atoms with Crippen LogP contribution < -0.4 is 5.32 Å². The normalized spacial score (nSPS) is 18.1. The van der Waals surface area contributed by atoms with Gasteiger partial charge in [0.15, 0.2) is 0 Å². The maximum Gasteiger partial charge on any atom is 0.416 e. The van der Waals surface area contributed by atoms with Crippen LogP contribution in [0, 0.1) is 0 Å². The zero-order valence-electron chi connectivity index (χ0n) is 13.6. The lowest BCUT2D eigenvalue weighted by Gasteiger charge is -2.52. The van der Waals surface area contributed by atoms with Gasteiger partial charge in [-0.05, 0) is 42.3 Å². The van der Waals surface area contributed by atoms with Crippen LogP contribution in [0.5, 0.6) is 0 Å². The lowest BCUT2D eigenvalue weighted by atomic mass is 9.78. The molecule has 2 aliphatic rings. The molecule has 4 rings (SSSR count). The van der Waals surface area contributed by atoms with Crippen molar-refractivity contribution in [2.45, 2.75) is 18.1 Å². The molecule has 0 atom stereocenters. The van der Waals surface area contributed by atoms with Crippen LogP contribution >= 0.6 is 0 Å². The average Bonchev–Trinajstić information content (AvgIpc) is 2.58. The summed E-state index contributed by atoms with van der Waals surface area (Å²) in [6, 6.07) is 11.5. The van der Waals surface area contributed by atoms with E-state index >= 15 is 0 Å². The molecule has 1 N–H and O–H groups in total. The molecule has 2 amide bonds. The van der Waals surface area contributed by atoms with Gasteiger partial charge in [0.1, 0.15) is 0 Å². The molecule has 2 heterocycles. The molecule has 0 unspecified atom stereocenters. The number of likely N-dealkylation sites (tertiary alicyclic amines) is 1. The number of benzene rings is 2. The minimum absolute atomic E-state index is 0.159. The predicted octanol–water partition coefficient (Wildman–Crippen LogP) is 2.89. The molecule has 4 nitrogen and oxygen atoms in total. The zero-order valence-corrected chi connectivity index (χ0v) is 13.6. The first-order valence-electron chi connectivity index (χ1n) is 8.14. The number of amides is 2. The number of halogens is 3. The van der Waals surface area contributed by atoms with Crippen molar-refractivity contribution < 1.29 is 22.8 Å². The van der Waals surface area contributed by atoms with Gasteiger partial charge in [0.05, 0.1) is 11.1 Å². The average molecular weight is 360 g/mol. The number of carbonyl (C=O) groups excluding carboxylic acids is 2. The molecule has 2 aromatic carbocycles. The Morgan fingerprint density at radius 2 is 1.69 bits per heavy atom. The van der Waals surface area contributed by atoms with Crippen LogP contribution in [0.15, 0.2) is 48.5 Å². The maximum absolute atomic E-state index is 12.6. The van der Waals surface area contributed by atoms with Crippen molar-refractivity contribution in [2.75, 3.05) is 13.1 Å². The molecule has 1 saturated heterocycles. The summed E-state index contributed by atoms with van der Waals surface area (Å²) in [4.78, 5) is 26.3. The van der Waals surface area contributed by atoms with Crippen molar-refractivity contribution in [3.63, 3.8) is 0 Å². The molecule has 1 spiro atoms. The van der Waals surface area contributed by atoms with Crippen molar-refractivity contribution >= 4 is 11.8 Å². The van der Waals surface area contributed by atoms with Crippen molar-refractivity contribution in [3.8, 4) is 0 Å². The van der Waals surface area contributed by atoms with E-state index in [0.717, 1.165) is 17.7 Å². The van der Waals surface area contributed by atoms with Gasteiger partial charge in [-0.1, -0.05) is 18.2 Å². The monoisotopic (exact) mass is 360 g/mol. The van der Waals surface area contributed by atoms with Gasteiger partial charge in [0.2, 0.25) is 0 Å². The summed E-state index contributed by atoms with van der Waals surface area (Å²) in [5.74, 6) is -0.495. The molecule has 2 aromatic rings. The number of fused-ring (bicyclic) bond motifs is 1.